The summed E-state index contributed by atoms with van der Waals surface area (Å²) in [7, 11) is 0. The van der Waals surface area contributed by atoms with Gasteiger partial charge in [-0.2, -0.15) is 0 Å². The van der Waals surface area contributed by atoms with Crippen LogP contribution in [0.1, 0.15) is 22.7 Å². The van der Waals surface area contributed by atoms with Crippen LogP contribution in [0.25, 0.3) is 0 Å². The molecule has 0 spiro atoms. The van der Waals surface area contributed by atoms with Gasteiger partial charge in [0.05, 0.1) is 0 Å². The maximum atomic E-state index is 12.9. The molecule has 3 rings (SSSR count). The molecular formula is C23H24FN2O+. The fourth-order valence-electron chi connectivity index (χ4n) is 3.08. The van der Waals surface area contributed by atoms with Crippen molar-refractivity contribution < 1.29 is 14.5 Å². The third-order valence-corrected chi connectivity index (χ3v) is 4.51. The summed E-state index contributed by atoms with van der Waals surface area (Å²) in [6, 6.07) is 26.8. The van der Waals surface area contributed by atoms with Crippen molar-refractivity contribution in [1.29, 1.82) is 0 Å². The van der Waals surface area contributed by atoms with Gasteiger partial charge in [-0.15, -0.1) is 0 Å². The lowest BCUT2D eigenvalue weighted by atomic mass is 9.99. The largest absolute Gasteiger partial charge is 0.351 e. The van der Waals surface area contributed by atoms with E-state index in [1.807, 2.05) is 36.4 Å². The number of carbonyl (C=O) groups is 1. The smallest absolute Gasteiger partial charge is 0.275 e. The minimum absolute atomic E-state index is 0.00558. The molecule has 0 aromatic heterocycles. The average Bonchev–Trinajstić information content (AvgIpc) is 2.71. The van der Waals surface area contributed by atoms with Gasteiger partial charge in [0.15, 0.2) is 6.54 Å². The molecule has 0 fully saturated rings. The number of hydrogen-bond donors (Lipinski definition) is 2. The standard InChI is InChI=1S/C23H23FN2O/c24-21-13-11-18(12-14-21)15-16-25-22(27)17-26-23(19-7-3-1-4-8-19)20-9-5-2-6-10-20/h1-14,23,26H,15-17H2,(H,25,27)/p+1. The molecule has 0 radical (unpaired) electrons. The Morgan fingerprint density at radius 3 is 1.96 bits per heavy atom. The molecular weight excluding hydrogens is 339 g/mol. The van der Waals surface area contributed by atoms with Gasteiger partial charge in [0.25, 0.3) is 5.91 Å². The number of halogens is 1. The average molecular weight is 363 g/mol. The molecule has 3 aromatic carbocycles. The number of carbonyl (C=O) groups excluding carboxylic acids is 1. The molecule has 0 aliphatic heterocycles. The van der Waals surface area contributed by atoms with Crippen LogP contribution < -0.4 is 10.6 Å². The van der Waals surface area contributed by atoms with Gasteiger partial charge < -0.3 is 10.6 Å². The van der Waals surface area contributed by atoms with Crippen molar-refractivity contribution >= 4 is 5.91 Å². The zero-order chi connectivity index (χ0) is 18.9. The minimum atomic E-state index is -0.245. The Balaban J connectivity index is 1.54. The number of quaternary nitrogens is 1. The molecule has 0 bridgehead atoms. The fourth-order valence-corrected chi connectivity index (χ4v) is 3.08. The SMILES string of the molecule is O=C(C[NH2+]C(c1ccccc1)c1ccccc1)NCCc1ccc(F)cc1. The molecule has 0 aliphatic rings. The normalized spacial score (nSPS) is 10.7. The first-order valence-electron chi connectivity index (χ1n) is 9.17. The van der Waals surface area contributed by atoms with E-state index in [1.54, 1.807) is 12.1 Å². The van der Waals surface area contributed by atoms with Crippen LogP contribution in [-0.4, -0.2) is 19.0 Å². The van der Waals surface area contributed by atoms with E-state index < -0.39 is 0 Å². The van der Waals surface area contributed by atoms with Gasteiger partial charge in [0, 0.05) is 17.7 Å². The maximum Gasteiger partial charge on any atom is 0.275 e. The number of rotatable bonds is 8. The lowest BCUT2D eigenvalue weighted by Crippen LogP contribution is -2.87. The van der Waals surface area contributed by atoms with Crippen LogP contribution in [0.5, 0.6) is 0 Å². The summed E-state index contributed by atoms with van der Waals surface area (Å²) in [4.78, 5) is 12.3. The highest BCUT2D eigenvalue weighted by Crippen LogP contribution is 2.17. The second-order valence-electron chi connectivity index (χ2n) is 6.47. The predicted octanol–water partition coefficient (Wildman–Crippen LogP) is 2.84. The Bertz CT molecular complexity index is 796. The fraction of sp³-hybridized carbons (Fsp3) is 0.174. The molecule has 0 saturated heterocycles. The van der Waals surface area contributed by atoms with Crippen LogP contribution in [0.3, 0.4) is 0 Å². The van der Waals surface area contributed by atoms with Gasteiger partial charge in [-0.05, 0) is 24.1 Å². The van der Waals surface area contributed by atoms with E-state index in [4.69, 9.17) is 0 Å². The van der Waals surface area contributed by atoms with E-state index in [9.17, 15) is 9.18 Å². The van der Waals surface area contributed by atoms with Crippen molar-refractivity contribution in [2.24, 2.45) is 0 Å². The van der Waals surface area contributed by atoms with Crippen molar-refractivity contribution in [1.82, 2.24) is 5.32 Å². The number of hydrogen-bond acceptors (Lipinski definition) is 1. The molecule has 1 amide bonds. The Kier molecular flexibility index (Phi) is 6.72. The lowest BCUT2D eigenvalue weighted by Gasteiger charge is -2.16. The van der Waals surface area contributed by atoms with Crippen molar-refractivity contribution in [3.63, 3.8) is 0 Å². The molecule has 0 atom stereocenters. The summed E-state index contributed by atoms with van der Waals surface area (Å²) in [5.41, 5.74) is 3.35. The topological polar surface area (TPSA) is 45.7 Å². The van der Waals surface area contributed by atoms with Gasteiger partial charge in [0.1, 0.15) is 11.9 Å². The predicted molar refractivity (Wildman–Crippen MR) is 105 cm³/mol. The van der Waals surface area contributed by atoms with E-state index >= 15 is 0 Å². The van der Waals surface area contributed by atoms with Crippen LogP contribution in [0.2, 0.25) is 0 Å². The van der Waals surface area contributed by atoms with Crippen LogP contribution in [0, 0.1) is 5.82 Å². The summed E-state index contributed by atoms with van der Waals surface area (Å²) in [5.74, 6) is -0.251. The first-order valence-corrected chi connectivity index (χ1v) is 9.17. The summed E-state index contributed by atoms with van der Waals surface area (Å²) in [5, 5.41) is 4.99. The molecule has 0 saturated carbocycles. The summed E-state index contributed by atoms with van der Waals surface area (Å²) >= 11 is 0. The Labute approximate surface area is 159 Å². The van der Waals surface area contributed by atoms with E-state index in [0.29, 0.717) is 19.5 Å². The number of amides is 1. The van der Waals surface area contributed by atoms with Crippen LogP contribution in [0.15, 0.2) is 84.9 Å². The summed E-state index contributed by atoms with van der Waals surface area (Å²) in [6.07, 6.45) is 0.687. The van der Waals surface area contributed by atoms with E-state index in [0.717, 1.165) is 5.56 Å². The van der Waals surface area contributed by atoms with E-state index in [-0.39, 0.29) is 17.8 Å². The van der Waals surface area contributed by atoms with Crippen LogP contribution >= 0.6 is 0 Å². The molecule has 0 unspecified atom stereocenters. The van der Waals surface area contributed by atoms with Crippen molar-refractivity contribution in [3.8, 4) is 0 Å². The monoisotopic (exact) mass is 363 g/mol. The quantitative estimate of drug-likeness (QED) is 0.635. The zero-order valence-electron chi connectivity index (χ0n) is 15.1. The number of nitrogens with one attached hydrogen (secondary N) is 1. The van der Waals surface area contributed by atoms with Crippen LogP contribution in [0.4, 0.5) is 4.39 Å². The van der Waals surface area contributed by atoms with Crippen molar-refractivity contribution in [3.05, 3.63) is 107 Å². The molecule has 4 heteroatoms. The second-order valence-corrected chi connectivity index (χ2v) is 6.47. The van der Waals surface area contributed by atoms with Gasteiger partial charge >= 0.3 is 0 Å². The van der Waals surface area contributed by atoms with Crippen molar-refractivity contribution in [2.45, 2.75) is 12.5 Å². The second kappa shape index (κ2) is 9.64. The number of benzene rings is 3. The maximum absolute atomic E-state index is 12.9. The van der Waals surface area contributed by atoms with E-state index in [1.165, 1.54) is 23.3 Å². The highest BCUT2D eigenvalue weighted by atomic mass is 19.1. The lowest BCUT2D eigenvalue weighted by molar-refractivity contribution is -0.676. The molecule has 0 heterocycles. The third kappa shape index (κ3) is 5.76. The third-order valence-electron chi connectivity index (χ3n) is 4.51. The van der Waals surface area contributed by atoms with Gasteiger partial charge in [-0.25, -0.2) is 4.39 Å². The Morgan fingerprint density at radius 2 is 1.41 bits per heavy atom. The minimum Gasteiger partial charge on any atom is -0.351 e. The molecule has 138 valence electrons. The first-order chi connectivity index (χ1) is 13.2. The Morgan fingerprint density at radius 1 is 0.852 bits per heavy atom. The zero-order valence-corrected chi connectivity index (χ0v) is 15.1. The van der Waals surface area contributed by atoms with Gasteiger partial charge in [-0.3, -0.25) is 4.79 Å². The number of nitrogens with two attached hydrogens (primary N) is 1. The van der Waals surface area contributed by atoms with Gasteiger partial charge in [0.2, 0.25) is 0 Å². The molecule has 3 N–H and O–H groups in total. The summed E-state index contributed by atoms with van der Waals surface area (Å²) < 4.78 is 12.9. The highest BCUT2D eigenvalue weighted by molar-refractivity contribution is 5.76. The summed E-state index contributed by atoms with van der Waals surface area (Å²) in [6.45, 7) is 0.886. The Hall–Kier alpha value is -2.98. The van der Waals surface area contributed by atoms with Gasteiger partial charge in [-0.1, -0.05) is 72.8 Å². The highest BCUT2D eigenvalue weighted by Gasteiger charge is 2.18. The molecule has 3 nitrogen and oxygen atoms in total. The first kappa shape index (κ1) is 18.8. The van der Waals surface area contributed by atoms with Crippen LogP contribution in [-0.2, 0) is 11.2 Å². The van der Waals surface area contributed by atoms with E-state index in [2.05, 4.69) is 34.9 Å². The molecule has 0 aliphatic carbocycles. The molecule has 27 heavy (non-hydrogen) atoms. The molecule has 3 aromatic rings. The van der Waals surface area contributed by atoms with Crippen molar-refractivity contribution in [2.75, 3.05) is 13.1 Å².